The Morgan fingerprint density at radius 2 is 2.35 bits per heavy atom. The SMILES string of the molecule is CC(F)(CCc1ccc2c(c1)CCO2)C1CCCNC1. The minimum atomic E-state index is -1.07. The van der Waals surface area contributed by atoms with Gasteiger partial charge in [0.15, 0.2) is 0 Å². The van der Waals surface area contributed by atoms with Crippen LogP contribution in [0.4, 0.5) is 4.39 Å². The summed E-state index contributed by atoms with van der Waals surface area (Å²) >= 11 is 0. The summed E-state index contributed by atoms with van der Waals surface area (Å²) in [6.45, 7) is 4.43. The van der Waals surface area contributed by atoms with E-state index in [0.717, 1.165) is 51.1 Å². The number of halogens is 1. The summed E-state index contributed by atoms with van der Waals surface area (Å²) in [5.41, 5.74) is 1.45. The van der Waals surface area contributed by atoms with E-state index in [-0.39, 0.29) is 5.92 Å². The van der Waals surface area contributed by atoms with Crippen LogP contribution in [0.5, 0.6) is 5.75 Å². The topological polar surface area (TPSA) is 21.3 Å². The number of piperidine rings is 1. The van der Waals surface area contributed by atoms with Gasteiger partial charge in [0.2, 0.25) is 0 Å². The molecule has 2 aliphatic heterocycles. The largest absolute Gasteiger partial charge is 0.493 e. The normalized spacial score (nSPS) is 24.8. The lowest BCUT2D eigenvalue weighted by atomic mass is 9.81. The fraction of sp³-hybridized carbons (Fsp3) is 0.647. The molecule has 110 valence electrons. The van der Waals surface area contributed by atoms with E-state index in [9.17, 15) is 4.39 Å². The summed E-state index contributed by atoms with van der Waals surface area (Å²) in [5.74, 6) is 1.17. The molecule has 1 fully saturated rings. The summed E-state index contributed by atoms with van der Waals surface area (Å²) in [4.78, 5) is 0. The van der Waals surface area contributed by atoms with Gasteiger partial charge in [0, 0.05) is 18.9 Å². The zero-order valence-corrected chi connectivity index (χ0v) is 12.3. The van der Waals surface area contributed by atoms with Crippen molar-refractivity contribution in [2.75, 3.05) is 19.7 Å². The molecule has 1 saturated heterocycles. The van der Waals surface area contributed by atoms with Gasteiger partial charge in [0.25, 0.3) is 0 Å². The molecule has 0 amide bonds. The van der Waals surface area contributed by atoms with E-state index in [0.29, 0.717) is 6.42 Å². The molecule has 0 aromatic heterocycles. The van der Waals surface area contributed by atoms with Crippen molar-refractivity contribution in [1.29, 1.82) is 0 Å². The lowest BCUT2D eigenvalue weighted by molar-refractivity contribution is 0.0740. The van der Waals surface area contributed by atoms with Crippen molar-refractivity contribution in [1.82, 2.24) is 5.32 Å². The van der Waals surface area contributed by atoms with Gasteiger partial charge < -0.3 is 10.1 Å². The first kappa shape index (κ1) is 13.9. The van der Waals surface area contributed by atoms with Crippen LogP contribution >= 0.6 is 0 Å². The Morgan fingerprint density at radius 1 is 1.45 bits per heavy atom. The monoisotopic (exact) mass is 277 g/mol. The molecule has 2 nitrogen and oxygen atoms in total. The summed E-state index contributed by atoms with van der Waals surface area (Å²) in [6.07, 6.45) is 4.52. The second kappa shape index (κ2) is 5.72. The highest BCUT2D eigenvalue weighted by Crippen LogP contribution is 2.33. The number of benzene rings is 1. The van der Waals surface area contributed by atoms with E-state index in [1.54, 1.807) is 6.92 Å². The van der Waals surface area contributed by atoms with Gasteiger partial charge >= 0.3 is 0 Å². The molecule has 0 radical (unpaired) electrons. The predicted molar refractivity (Wildman–Crippen MR) is 79.1 cm³/mol. The van der Waals surface area contributed by atoms with Crippen molar-refractivity contribution >= 4 is 0 Å². The van der Waals surface area contributed by atoms with E-state index in [1.807, 2.05) is 6.07 Å². The highest BCUT2D eigenvalue weighted by molar-refractivity contribution is 5.39. The number of ether oxygens (including phenoxy) is 1. The average Bonchev–Trinajstić information content (AvgIpc) is 2.94. The molecule has 3 heteroatoms. The number of hydrogen-bond acceptors (Lipinski definition) is 2. The quantitative estimate of drug-likeness (QED) is 0.912. The summed E-state index contributed by atoms with van der Waals surface area (Å²) < 4.78 is 20.4. The van der Waals surface area contributed by atoms with Crippen LogP contribution in [0.2, 0.25) is 0 Å². The van der Waals surface area contributed by atoms with Crippen molar-refractivity contribution in [3.05, 3.63) is 29.3 Å². The molecule has 2 heterocycles. The van der Waals surface area contributed by atoms with Crippen molar-refractivity contribution in [2.24, 2.45) is 5.92 Å². The van der Waals surface area contributed by atoms with Crippen molar-refractivity contribution in [2.45, 2.75) is 44.7 Å². The molecular weight excluding hydrogens is 253 g/mol. The Labute approximate surface area is 120 Å². The van der Waals surface area contributed by atoms with E-state index in [2.05, 4.69) is 17.4 Å². The molecule has 1 aromatic rings. The number of fused-ring (bicyclic) bond motifs is 1. The molecule has 1 N–H and O–H groups in total. The smallest absolute Gasteiger partial charge is 0.122 e. The first-order valence-corrected chi connectivity index (χ1v) is 7.79. The van der Waals surface area contributed by atoms with Gasteiger partial charge in [-0.25, -0.2) is 4.39 Å². The molecule has 20 heavy (non-hydrogen) atoms. The maximum Gasteiger partial charge on any atom is 0.122 e. The standard InChI is InChI=1S/C17H24FNO/c1-17(18,15-3-2-9-19-12-15)8-6-13-4-5-16-14(11-13)7-10-20-16/h4-5,11,15,19H,2-3,6-10,12H2,1H3. The van der Waals surface area contributed by atoms with Gasteiger partial charge in [0.1, 0.15) is 11.4 Å². The molecule has 0 aliphatic carbocycles. The van der Waals surface area contributed by atoms with Crippen molar-refractivity contribution in [3.8, 4) is 5.75 Å². The number of rotatable bonds is 4. The Morgan fingerprint density at radius 3 is 3.15 bits per heavy atom. The maximum absolute atomic E-state index is 14.9. The molecular formula is C17H24FNO. The second-order valence-corrected chi connectivity index (χ2v) is 6.36. The van der Waals surface area contributed by atoms with Crippen LogP contribution in [0.15, 0.2) is 18.2 Å². The van der Waals surface area contributed by atoms with E-state index in [1.165, 1.54) is 11.1 Å². The molecule has 2 atom stereocenters. The van der Waals surface area contributed by atoms with Gasteiger partial charge in [-0.05, 0) is 56.3 Å². The molecule has 0 bridgehead atoms. The Hall–Kier alpha value is -1.09. The molecule has 2 aliphatic rings. The Bertz CT molecular complexity index is 466. The Kier molecular flexibility index (Phi) is 3.97. The van der Waals surface area contributed by atoms with Gasteiger partial charge in [-0.1, -0.05) is 12.1 Å². The van der Waals surface area contributed by atoms with Crippen LogP contribution in [0, 0.1) is 5.92 Å². The number of alkyl halides is 1. The summed E-state index contributed by atoms with van der Waals surface area (Å²) in [5, 5.41) is 3.32. The summed E-state index contributed by atoms with van der Waals surface area (Å²) in [6, 6.07) is 6.31. The van der Waals surface area contributed by atoms with Crippen LogP contribution in [0.3, 0.4) is 0 Å². The average molecular weight is 277 g/mol. The number of nitrogens with one attached hydrogen (secondary N) is 1. The van der Waals surface area contributed by atoms with Gasteiger partial charge in [-0.15, -0.1) is 0 Å². The zero-order chi connectivity index (χ0) is 14.0. The third kappa shape index (κ3) is 2.98. The molecule has 0 saturated carbocycles. The van der Waals surface area contributed by atoms with E-state index < -0.39 is 5.67 Å². The zero-order valence-electron chi connectivity index (χ0n) is 12.3. The summed E-state index contributed by atoms with van der Waals surface area (Å²) in [7, 11) is 0. The molecule has 2 unspecified atom stereocenters. The predicted octanol–water partition coefficient (Wildman–Crippen LogP) is 3.28. The van der Waals surface area contributed by atoms with Gasteiger partial charge in [-0.3, -0.25) is 0 Å². The number of aryl methyl sites for hydroxylation is 1. The molecule has 1 aromatic carbocycles. The third-order valence-corrected chi connectivity index (χ3v) is 4.80. The fourth-order valence-corrected chi connectivity index (χ4v) is 3.35. The highest BCUT2D eigenvalue weighted by atomic mass is 19.1. The fourth-order valence-electron chi connectivity index (χ4n) is 3.35. The second-order valence-electron chi connectivity index (χ2n) is 6.36. The molecule has 3 rings (SSSR count). The lowest BCUT2D eigenvalue weighted by Crippen LogP contribution is -2.41. The van der Waals surface area contributed by atoms with E-state index >= 15 is 0 Å². The van der Waals surface area contributed by atoms with E-state index in [4.69, 9.17) is 4.74 Å². The lowest BCUT2D eigenvalue weighted by Gasteiger charge is -2.34. The van der Waals surface area contributed by atoms with Crippen molar-refractivity contribution in [3.63, 3.8) is 0 Å². The van der Waals surface area contributed by atoms with Gasteiger partial charge in [0.05, 0.1) is 6.61 Å². The first-order valence-electron chi connectivity index (χ1n) is 7.79. The van der Waals surface area contributed by atoms with Gasteiger partial charge in [-0.2, -0.15) is 0 Å². The van der Waals surface area contributed by atoms with Crippen LogP contribution in [-0.2, 0) is 12.8 Å². The Balaban J connectivity index is 1.60. The third-order valence-electron chi connectivity index (χ3n) is 4.80. The maximum atomic E-state index is 14.9. The van der Waals surface area contributed by atoms with Crippen molar-refractivity contribution < 1.29 is 9.13 Å². The minimum Gasteiger partial charge on any atom is -0.493 e. The van der Waals surface area contributed by atoms with Crippen LogP contribution in [-0.4, -0.2) is 25.4 Å². The molecule has 0 spiro atoms. The number of hydrogen-bond donors (Lipinski definition) is 1. The highest BCUT2D eigenvalue weighted by Gasteiger charge is 2.34. The first-order chi connectivity index (χ1) is 9.65. The van der Waals surface area contributed by atoms with Crippen LogP contribution in [0.1, 0.15) is 37.3 Å². The minimum absolute atomic E-state index is 0.161. The van der Waals surface area contributed by atoms with Crippen LogP contribution in [0.25, 0.3) is 0 Å². The van der Waals surface area contributed by atoms with Crippen LogP contribution < -0.4 is 10.1 Å².